The zero-order chi connectivity index (χ0) is 16.1. The normalized spacial score (nSPS) is 12.9. The first kappa shape index (κ1) is 20.2. The van der Waals surface area contributed by atoms with Crippen molar-refractivity contribution in [2.75, 3.05) is 0 Å². The van der Waals surface area contributed by atoms with Crippen molar-refractivity contribution in [3.63, 3.8) is 0 Å². The smallest absolute Gasteiger partial charge is 0.0510 e. The van der Waals surface area contributed by atoms with Gasteiger partial charge >= 0.3 is 0 Å². The average Bonchev–Trinajstić information content (AvgIpc) is 2.77. The lowest BCUT2D eigenvalue weighted by molar-refractivity contribution is 0.606. The fourth-order valence-electron chi connectivity index (χ4n) is 2.51. The first-order valence-corrected chi connectivity index (χ1v) is 11.1. The van der Waals surface area contributed by atoms with E-state index in [0.717, 1.165) is 0 Å². The maximum Gasteiger partial charge on any atom is 0.0510 e. The fourth-order valence-corrected chi connectivity index (χ4v) is 4.87. The molecule has 21 heavy (non-hydrogen) atoms. The van der Waals surface area contributed by atoms with Gasteiger partial charge in [0.2, 0.25) is 0 Å². The molecule has 0 spiro atoms. The summed E-state index contributed by atoms with van der Waals surface area (Å²) in [5.74, 6) is 0. The number of hydrogen-bond donors (Lipinski definition) is 0. The largest absolute Gasteiger partial charge is 0.142 e. The molecule has 0 aliphatic carbocycles. The molecule has 0 radical (unpaired) electrons. The highest BCUT2D eigenvalue weighted by atomic mass is 127. The van der Waals surface area contributed by atoms with Crippen LogP contribution in [0.2, 0.25) is 0 Å². The third-order valence-corrected chi connectivity index (χ3v) is 7.41. The molecule has 0 N–H and O–H groups in total. The Morgan fingerprint density at radius 2 is 1.48 bits per heavy atom. The summed E-state index contributed by atoms with van der Waals surface area (Å²) < 4.78 is 0.499. The Morgan fingerprint density at radius 1 is 0.905 bits per heavy atom. The van der Waals surface area contributed by atoms with Gasteiger partial charge in [-0.1, -0.05) is 84.2 Å². The van der Waals surface area contributed by atoms with Crippen molar-refractivity contribution >= 4 is 56.5 Å². The molecule has 0 bridgehead atoms. The summed E-state index contributed by atoms with van der Waals surface area (Å²) in [6, 6.07) is 2.49. The van der Waals surface area contributed by atoms with Gasteiger partial charge in [-0.25, -0.2) is 0 Å². The summed E-state index contributed by atoms with van der Waals surface area (Å²) in [5, 5.41) is 0. The summed E-state index contributed by atoms with van der Waals surface area (Å²) in [6.45, 7) is 11.6. The average molecular weight is 532 g/mol. The van der Waals surface area contributed by atoms with Crippen LogP contribution in [0.25, 0.3) is 0 Å². The molecule has 0 fully saturated rings. The molecule has 0 aromatic carbocycles. The standard InChI is InChI=1S/C18H30I2S/c1-6-7-8-9-10-11-12-14-13-15(17(2,3)19)21-16(14)18(4,5)20/h13H,6-12H2,1-5H3. The molecule has 0 nitrogen and oxygen atoms in total. The van der Waals surface area contributed by atoms with Gasteiger partial charge in [0.25, 0.3) is 0 Å². The Labute approximate surface area is 163 Å². The molecular formula is C18H30I2S. The van der Waals surface area contributed by atoms with E-state index in [2.05, 4.69) is 85.9 Å². The van der Waals surface area contributed by atoms with E-state index < -0.39 is 0 Å². The van der Waals surface area contributed by atoms with Gasteiger partial charge < -0.3 is 0 Å². The van der Waals surface area contributed by atoms with Gasteiger partial charge in [-0.2, -0.15) is 0 Å². The second-order valence-electron chi connectivity index (χ2n) is 6.93. The van der Waals surface area contributed by atoms with Crippen molar-refractivity contribution in [3.8, 4) is 0 Å². The van der Waals surface area contributed by atoms with Crippen LogP contribution < -0.4 is 0 Å². The topological polar surface area (TPSA) is 0 Å². The highest BCUT2D eigenvalue weighted by molar-refractivity contribution is 14.1. The maximum absolute atomic E-state index is 2.60. The Kier molecular flexibility index (Phi) is 8.52. The minimum absolute atomic E-state index is 0.248. The lowest BCUT2D eigenvalue weighted by Gasteiger charge is -2.17. The third-order valence-electron chi connectivity index (χ3n) is 3.73. The van der Waals surface area contributed by atoms with Crippen LogP contribution in [0.1, 0.15) is 88.5 Å². The SMILES string of the molecule is CCCCCCCCc1cc(C(C)(C)I)sc1C(C)(C)I. The molecule has 0 aliphatic heterocycles. The van der Waals surface area contributed by atoms with Crippen LogP contribution in [0.5, 0.6) is 0 Å². The van der Waals surface area contributed by atoms with Crippen molar-refractivity contribution in [3.05, 3.63) is 21.4 Å². The number of aryl methyl sites for hydroxylation is 1. The molecule has 1 aromatic heterocycles. The van der Waals surface area contributed by atoms with Crippen LogP contribution in [-0.4, -0.2) is 0 Å². The number of halogens is 2. The lowest BCUT2D eigenvalue weighted by Crippen LogP contribution is -2.06. The summed E-state index contributed by atoms with van der Waals surface area (Å²) in [6.07, 6.45) is 9.56. The van der Waals surface area contributed by atoms with Gasteiger partial charge in [0.05, 0.1) is 6.84 Å². The zero-order valence-corrected chi connectivity index (χ0v) is 19.3. The Bertz CT molecular complexity index is 421. The predicted molar refractivity (Wildman–Crippen MR) is 115 cm³/mol. The minimum Gasteiger partial charge on any atom is -0.142 e. The van der Waals surface area contributed by atoms with Crippen LogP contribution >= 0.6 is 56.5 Å². The van der Waals surface area contributed by atoms with E-state index in [4.69, 9.17) is 0 Å². The molecule has 0 unspecified atom stereocenters. The van der Waals surface area contributed by atoms with E-state index in [1.165, 1.54) is 49.8 Å². The second kappa shape index (κ2) is 8.86. The molecule has 122 valence electrons. The van der Waals surface area contributed by atoms with E-state index in [-0.39, 0.29) is 6.84 Å². The number of rotatable bonds is 9. The Hall–Kier alpha value is 1.16. The van der Waals surface area contributed by atoms with Crippen LogP contribution in [0.4, 0.5) is 0 Å². The molecule has 3 heteroatoms. The number of thiophene rings is 1. The van der Waals surface area contributed by atoms with E-state index >= 15 is 0 Å². The summed E-state index contributed by atoms with van der Waals surface area (Å²) in [5.41, 5.74) is 1.61. The molecular weight excluding hydrogens is 502 g/mol. The Balaban J connectivity index is 2.69. The van der Waals surface area contributed by atoms with Crippen LogP contribution in [0, 0.1) is 0 Å². The van der Waals surface area contributed by atoms with Gasteiger partial charge in [-0.05, 0) is 52.2 Å². The number of hydrogen-bond acceptors (Lipinski definition) is 1. The minimum atomic E-state index is 0.248. The van der Waals surface area contributed by atoms with Crippen molar-refractivity contribution in [1.29, 1.82) is 0 Å². The quantitative estimate of drug-likeness (QED) is 0.172. The highest BCUT2D eigenvalue weighted by Crippen LogP contribution is 2.44. The molecule has 0 atom stereocenters. The molecule has 1 aromatic rings. The van der Waals surface area contributed by atoms with Crippen LogP contribution in [0.3, 0.4) is 0 Å². The van der Waals surface area contributed by atoms with Crippen molar-refractivity contribution in [2.45, 2.75) is 86.4 Å². The molecule has 1 heterocycles. The third kappa shape index (κ3) is 7.06. The second-order valence-corrected chi connectivity index (χ2v) is 13.4. The lowest BCUT2D eigenvalue weighted by atomic mass is 10.0. The van der Waals surface area contributed by atoms with Gasteiger partial charge in [-0.15, -0.1) is 11.3 Å². The highest BCUT2D eigenvalue weighted by Gasteiger charge is 2.27. The Morgan fingerprint density at radius 3 is 2.00 bits per heavy atom. The maximum atomic E-state index is 2.60. The summed E-state index contributed by atoms with van der Waals surface area (Å²) >= 11 is 7.20. The van der Waals surface area contributed by atoms with Crippen molar-refractivity contribution < 1.29 is 0 Å². The van der Waals surface area contributed by atoms with E-state index in [1.807, 2.05) is 11.3 Å². The van der Waals surface area contributed by atoms with Gasteiger partial charge in [0, 0.05) is 9.75 Å². The van der Waals surface area contributed by atoms with Gasteiger partial charge in [0.1, 0.15) is 0 Å². The molecule has 0 saturated carbocycles. The first-order valence-electron chi connectivity index (χ1n) is 8.17. The molecule has 1 rings (SSSR count). The fraction of sp³-hybridized carbons (Fsp3) is 0.778. The van der Waals surface area contributed by atoms with Crippen LogP contribution in [0.15, 0.2) is 6.07 Å². The number of unbranched alkanes of at least 4 members (excludes halogenated alkanes) is 5. The molecule has 0 amide bonds. The van der Waals surface area contributed by atoms with Crippen LogP contribution in [-0.2, 0) is 13.3 Å². The van der Waals surface area contributed by atoms with Crippen molar-refractivity contribution in [1.82, 2.24) is 0 Å². The first-order chi connectivity index (χ1) is 9.66. The predicted octanol–water partition coefficient (Wildman–Crippen LogP) is 7.99. The van der Waals surface area contributed by atoms with E-state index in [1.54, 1.807) is 10.4 Å². The van der Waals surface area contributed by atoms with Gasteiger partial charge in [-0.3, -0.25) is 0 Å². The number of alkyl halides is 2. The van der Waals surface area contributed by atoms with E-state index in [9.17, 15) is 0 Å². The van der Waals surface area contributed by atoms with Gasteiger partial charge in [0.15, 0.2) is 0 Å². The summed E-state index contributed by atoms with van der Waals surface area (Å²) in [4.78, 5) is 3.13. The molecule has 0 aliphatic rings. The van der Waals surface area contributed by atoms with E-state index in [0.29, 0.717) is 0 Å². The van der Waals surface area contributed by atoms with Crippen molar-refractivity contribution in [2.24, 2.45) is 0 Å². The zero-order valence-electron chi connectivity index (χ0n) is 14.2. The monoisotopic (exact) mass is 532 g/mol. The summed E-state index contributed by atoms with van der Waals surface area (Å²) in [7, 11) is 0. The molecule has 0 saturated heterocycles.